The second-order valence-electron chi connectivity index (χ2n) is 6.34. The van der Waals surface area contributed by atoms with Gasteiger partial charge in [-0.1, -0.05) is 17.7 Å². The molecule has 7 heteroatoms. The van der Waals surface area contributed by atoms with E-state index in [9.17, 15) is 14.0 Å². The van der Waals surface area contributed by atoms with Crippen LogP contribution in [0.4, 0.5) is 4.39 Å². The van der Waals surface area contributed by atoms with E-state index in [0.29, 0.717) is 17.9 Å². The van der Waals surface area contributed by atoms with E-state index in [2.05, 4.69) is 5.32 Å². The highest BCUT2D eigenvalue weighted by Crippen LogP contribution is 2.24. The molecule has 0 bridgehead atoms. The minimum Gasteiger partial charge on any atom is -0.481 e. The van der Waals surface area contributed by atoms with Crippen LogP contribution in [-0.4, -0.2) is 30.2 Å². The summed E-state index contributed by atoms with van der Waals surface area (Å²) in [5.41, 5.74) is 0.391. The number of hydrogen-bond acceptors (Lipinski definition) is 3. The van der Waals surface area contributed by atoms with Crippen LogP contribution in [0.25, 0.3) is 0 Å². The predicted molar refractivity (Wildman–Crippen MR) is 91.9 cm³/mol. The van der Waals surface area contributed by atoms with Gasteiger partial charge in [-0.15, -0.1) is 0 Å². The molecule has 0 aromatic heterocycles. The Morgan fingerprint density at radius 2 is 2.08 bits per heavy atom. The van der Waals surface area contributed by atoms with Gasteiger partial charge in [0.15, 0.2) is 0 Å². The number of nitrogens with one attached hydrogen (secondary N) is 1. The fraction of sp³-hybridized carbons (Fsp3) is 0.556. The predicted octanol–water partition coefficient (Wildman–Crippen LogP) is 3.71. The maximum Gasteiger partial charge on any atom is 0.305 e. The number of benzene rings is 1. The van der Waals surface area contributed by atoms with Crippen molar-refractivity contribution >= 4 is 23.5 Å². The molecule has 0 saturated carbocycles. The van der Waals surface area contributed by atoms with Crippen molar-refractivity contribution in [2.75, 3.05) is 13.2 Å². The van der Waals surface area contributed by atoms with Gasteiger partial charge in [0.2, 0.25) is 5.91 Å². The first kappa shape index (κ1) is 19.7. The fourth-order valence-electron chi connectivity index (χ4n) is 3.01. The summed E-state index contributed by atoms with van der Waals surface area (Å²) in [6, 6.07) is 3.28. The Balaban J connectivity index is 1.88. The summed E-state index contributed by atoms with van der Waals surface area (Å²) in [5.74, 6) is -1.35. The zero-order chi connectivity index (χ0) is 18.2. The van der Waals surface area contributed by atoms with E-state index < -0.39 is 17.8 Å². The number of carboxylic acids is 1. The van der Waals surface area contributed by atoms with Crippen LogP contribution in [0.15, 0.2) is 18.2 Å². The average Bonchev–Trinajstić information content (AvgIpc) is 2.57. The molecule has 138 valence electrons. The molecule has 1 aliphatic rings. The highest BCUT2D eigenvalue weighted by atomic mass is 35.5. The van der Waals surface area contributed by atoms with Gasteiger partial charge in [-0.3, -0.25) is 9.59 Å². The maximum atomic E-state index is 13.6. The SMILES string of the molecule is O=C(O)CC(NC(=O)CCCC1CCOCC1)c1ccc(Cl)c(F)c1. The molecule has 1 saturated heterocycles. The molecular weight excluding hydrogens is 349 g/mol. The lowest BCUT2D eigenvalue weighted by molar-refractivity contribution is -0.137. The number of rotatable bonds is 8. The van der Waals surface area contributed by atoms with E-state index in [1.165, 1.54) is 12.1 Å². The Morgan fingerprint density at radius 3 is 2.72 bits per heavy atom. The van der Waals surface area contributed by atoms with Crippen molar-refractivity contribution in [1.82, 2.24) is 5.32 Å². The van der Waals surface area contributed by atoms with Crippen molar-refractivity contribution in [2.45, 2.75) is 44.6 Å². The van der Waals surface area contributed by atoms with Crippen LogP contribution in [0.2, 0.25) is 5.02 Å². The Labute approximate surface area is 151 Å². The van der Waals surface area contributed by atoms with Gasteiger partial charge in [0.1, 0.15) is 5.82 Å². The molecule has 25 heavy (non-hydrogen) atoms. The second kappa shape index (κ2) is 9.73. The van der Waals surface area contributed by atoms with E-state index >= 15 is 0 Å². The van der Waals surface area contributed by atoms with Crippen LogP contribution in [0.5, 0.6) is 0 Å². The number of amides is 1. The Kier molecular flexibility index (Phi) is 7.65. The van der Waals surface area contributed by atoms with E-state index in [1.807, 2.05) is 0 Å². The van der Waals surface area contributed by atoms with Gasteiger partial charge >= 0.3 is 5.97 Å². The van der Waals surface area contributed by atoms with Crippen LogP contribution >= 0.6 is 11.6 Å². The Morgan fingerprint density at radius 1 is 1.36 bits per heavy atom. The summed E-state index contributed by atoms with van der Waals surface area (Å²) >= 11 is 5.65. The molecule has 1 fully saturated rings. The molecule has 0 radical (unpaired) electrons. The lowest BCUT2D eigenvalue weighted by Gasteiger charge is -2.22. The van der Waals surface area contributed by atoms with Crippen LogP contribution in [0.3, 0.4) is 0 Å². The van der Waals surface area contributed by atoms with Crippen molar-refractivity contribution in [3.63, 3.8) is 0 Å². The maximum absolute atomic E-state index is 13.6. The molecular formula is C18H23ClFNO4. The van der Waals surface area contributed by atoms with E-state index in [-0.39, 0.29) is 17.4 Å². The summed E-state index contributed by atoms with van der Waals surface area (Å²) in [7, 11) is 0. The largest absolute Gasteiger partial charge is 0.481 e. The fourth-order valence-corrected chi connectivity index (χ4v) is 3.13. The molecule has 1 amide bonds. The summed E-state index contributed by atoms with van der Waals surface area (Å²) in [4.78, 5) is 23.2. The minimum absolute atomic E-state index is 0.0411. The molecule has 1 aromatic carbocycles. The molecule has 0 spiro atoms. The summed E-state index contributed by atoms with van der Waals surface area (Å²) < 4.78 is 18.9. The minimum atomic E-state index is -1.07. The lowest BCUT2D eigenvalue weighted by atomic mass is 9.94. The van der Waals surface area contributed by atoms with Gasteiger partial charge in [0, 0.05) is 19.6 Å². The summed E-state index contributed by atoms with van der Waals surface area (Å²) in [6.07, 6.45) is 3.75. The molecule has 2 N–H and O–H groups in total. The molecule has 1 aromatic rings. The summed E-state index contributed by atoms with van der Waals surface area (Å²) in [5, 5.41) is 11.7. The number of ether oxygens (including phenoxy) is 1. The molecule has 1 aliphatic heterocycles. The number of halogens is 2. The van der Waals surface area contributed by atoms with Gasteiger partial charge in [0.25, 0.3) is 0 Å². The monoisotopic (exact) mass is 371 g/mol. The highest BCUT2D eigenvalue weighted by molar-refractivity contribution is 6.30. The van der Waals surface area contributed by atoms with Crippen LogP contribution < -0.4 is 5.32 Å². The van der Waals surface area contributed by atoms with Gasteiger partial charge in [0.05, 0.1) is 17.5 Å². The zero-order valence-corrected chi connectivity index (χ0v) is 14.7. The normalized spacial score (nSPS) is 16.4. The molecule has 1 unspecified atom stereocenters. The van der Waals surface area contributed by atoms with Gasteiger partial charge in [-0.05, 0) is 49.3 Å². The zero-order valence-electron chi connectivity index (χ0n) is 14.0. The Hall–Kier alpha value is -1.66. The first-order chi connectivity index (χ1) is 12.0. The summed E-state index contributed by atoms with van der Waals surface area (Å²) in [6.45, 7) is 1.55. The third kappa shape index (κ3) is 6.63. The molecule has 1 heterocycles. The van der Waals surface area contributed by atoms with Gasteiger partial charge in [-0.2, -0.15) is 0 Å². The van der Waals surface area contributed by atoms with Gasteiger partial charge < -0.3 is 15.2 Å². The van der Waals surface area contributed by atoms with E-state index in [4.69, 9.17) is 21.4 Å². The number of carboxylic acid groups (broad SMARTS) is 1. The first-order valence-corrected chi connectivity index (χ1v) is 8.87. The van der Waals surface area contributed by atoms with Crippen molar-refractivity contribution < 1.29 is 23.8 Å². The van der Waals surface area contributed by atoms with Crippen LogP contribution in [0.1, 0.15) is 50.1 Å². The quantitative estimate of drug-likeness (QED) is 0.730. The third-order valence-electron chi connectivity index (χ3n) is 4.42. The second-order valence-corrected chi connectivity index (χ2v) is 6.75. The molecule has 5 nitrogen and oxygen atoms in total. The number of carbonyl (C=O) groups excluding carboxylic acids is 1. The number of carbonyl (C=O) groups is 2. The van der Waals surface area contributed by atoms with Crippen molar-refractivity contribution in [3.05, 3.63) is 34.6 Å². The smallest absolute Gasteiger partial charge is 0.305 e. The standard InChI is InChI=1S/C18H23ClFNO4/c19-14-5-4-13(10-15(14)20)16(11-18(23)24)21-17(22)3-1-2-12-6-8-25-9-7-12/h4-5,10,12,16H,1-3,6-9,11H2,(H,21,22)(H,23,24). The van der Waals surface area contributed by atoms with Gasteiger partial charge in [-0.25, -0.2) is 4.39 Å². The highest BCUT2D eigenvalue weighted by Gasteiger charge is 2.20. The molecule has 1 atom stereocenters. The molecule has 0 aliphatic carbocycles. The topological polar surface area (TPSA) is 75.6 Å². The Bertz CT molecular complexity index is 605. The number of hydrogen-bond donors (Lipinski definition) is 2. The molecule has 2 rings (SSSR count). The first-order valence-electron chi connectivity index (χ1n) is 8.49. The van der Waals surface area contributed by atoms with Crippen LogP contribution in [-0.2, 0) is 14.3 Å². The van der Waals surface area contributed by atoms with E-state index in [0.717, 1.165) is 45.0 Å². The van der Waals surface area contributed by atoms with E-state index in [1.54, 1.807) is 0 Å². The van der Waals surface area contributed by atoms with Crippen molar-refractivity contribution in [2.24, 2.45) is 5.92 Å². The average molecular weight is 372 g/mol. The lowest BCUT2D eigenvalue weighted by Crippen LogP contribution is -2.30. The van der Waals surface area contributed by atoms with Crippen molar-refractivity contribution in [1.29, 1.82) is 0 Å². The third-order valence-corrected chi connectivity index (χ3v) is 4.72. The van der Waals surface area contributed by atoms with Crippen molar-refractivity contribution in [3.8, 4) is 0 Å². The van der Waals surface area contributed by atoms with Crippen LogP contribution in [0, 0.1) is 11.7 Å². The number of aliphatic carboxylic acids is 1.